The zero-order valence-corrected chi connectivity index (χ0v) is 11.4. The van der Waals surface area contributed by atoms with E-state index >= 15 is 0 Å². The summed E-state index contributed by atoms with van der Waals surface area (Å²) in [7, 11) is 0. The Morgan fingerprint density at radius 2 is 0.958 bits per heavy atom. The van der Waals surface area contributed by atoms with E-state index in [-0.39, 0.29) is 6.42 Å². The van der Waals surface area contributed by atoms with Crippen molar-refractivity contribution in [3.63, 3.8) is 0 Å². The highest BCUT2D eigenvalue weighted by Crippen LogP contribution is 2.60. The molecule has 146 valence electrons. The highest BCUT2D eigenvalue weighted by Gasteiger charge is 2.91. The molecule has 0 rings (SSSR count). The molecule has 0 fully saturated rings. The molecule has 0 saturated carbocycles. The van der Waals surface area contributed by atoms with Crippen LogP contribution in [0.5, 0.6) is 0 Å². The fourth-order valence-corrected chi connectivity index (χ4v) is 1.19. The van der Waals surface area contributed by atoms with E-state index < -0.39 is 49.0 Å². The molecule has 0 saturated heterocycles. The van der Waals surface area contributed by atoms with Gasteiger partial charge in [0.15, 0.2) is 0 Å². The lowest BCUT2D eigenvalue weighted by Crippen LogP contribution is -2.70. The van der Waals surface area contributed by atoms with Crippen LogP contribution in [0.1, 0.15) is 19.8 Å². The molecule has 0 aliphatic carbocycles. The predicted octanol–water partition coefficient (Wildman–Crippen LogP) is 5.50. The van der Waals surface area contributed by atoms with Gasteiger partial charge in [0, 0.05) is 0 Å². The number of hydrogen-bond donors (Lipinski definition) is 0. The predicted molar refractivity (Wildman–Crippen MR) is 51.7 cm³/mol. The van der Waals surface area contributed by atoms with Gasteiger partial charge >= 0.3 is 36.0 Å². The van der Waals surface area contributed by atoms with Crippen molar-refractivity contribution in [1.82, 2.24) is 0 Å². The second-order valence-corrected chi connectivity index (χ2v) is 4.51. The molecule has 0 heterocycles. The molecule has 0 radical (unpaired) electrons. The topological polar surface area (TPSA) is 9.23 Å². The quantitative estimate of drug-likeness (QED) is 0.392. The fourth-order valence-electron chi connectivity index (χ4n) is 1.19. The first-order valence-electron chi connectivity index (χ1n) is 5.91. The third-order valence-corrected chi connectivity index (χ3v) is 2.69. The van der Waals surface area contributed by atoms with Crippen LogP contribution >= 0.6 is 0 Å². The Morgan fingerprint density at radius 3 is 1.29 bits per heavy atom. The average molecular weight is 392 g/mol. The summed E-state index contributed by atoms with van der Waals surface area (Å²) in [4.78, 5) is 0. The molecule has 0 aromatic rings. The Hall–Kier alpha value is -0.950. The maximum Gasteiger partial charge on any atom is 0.460 e. The molecule has 0 aromatic carbocycles. The maximum absolute atomic E-state index is 13.0. The number of ether oxygens (including phenoxy) is 1. The Kier molecular flexibility index (Phi) is 6.15. The molecule has 0 aliphatic heterocycles. The van der Waals surface area contributed by atoms with Gasteiger partial charge in [0.25, 0.3) is 0 Å². The van der Waals surface area contributed by atoms with Crippen molar-refractivity contribution < 1.29 is 61.8 Å². The van der Waals surface area contributed by atoms with E-state index in [2.05, 4.69) is 4.74 Å². The van der Waals surface area contributed by atoms with Crippen molar-refractivity contribution in [3.05, 3.63) is 0 Å². The Bertz CT molecular complexity index is 425. The standard InChI is InChI=1S/C10H9F13O/c1-2-3-4-24-10(22,23)8(17,18)6(13,14)5(11,12)7(15,16)9(19,20)21/h2-4H2,1H3. The maximum atomic E-state index is 13.0. The van der Waals surface area contributed by atoms with Crippen LogP contribution in [0, 0.1) is 0 Å². The Morgan fingerprint density at radius 1 is 0.583 bits per heavy atom. The van der Waals surface area contributed by atoms with Crippen molar-refractivity contribution in [3.8, 4) is 0 Å². The van der Waals surface area contributed by atoms with E-state index in [1.807, 2.05) is 0 Å². The summed E-state index contributed by atoms with van der Waals surface area (Å²) in [5.74, 6) is -30.8. The van der Waals surface area contributed by atoms with Gasteiger partial charge in [-0.1, -0.05) is 13.3 Å². The second-order valence-electron chi connectivity index (χ2n) is 4.51. The van der Waals surface area contributed by atoms with Crippen molar-refractivity contribution in [2.45, 2.75) is 55.7 Å². The average Bonchev–Trinajstić information content (AvgIpc) is 2.36. The SMILES string of the molecule is CCCCOC(F)(F)C(F)(F)C(F)(F)C(F)(F)C(F)(F)C(F)(F)F. The molecule has 0 spiro atoms. The van der Waals surface area contributed by atoms with Crippen LogP contribution in [0.15, 0.2) is 0 Å². The zero-order chi connectivity index (χ0) is 19.8. The number of unbranched alkanes of at least 4 members (excludes halogenated alkanes) is 1. The fraction of sp³-hybridized carbons (Fsp3) is 1.00. The minimum absolute atomic E-state index is 0.000346. The molecule has 24 heavy (non-hydrogen) atoms. The van der Waals surface area contributed by atoms with Crippen molar-refractivity contribution in [1.29, 1.82) is 0 Å². The Labute approximate surface area is 125 Å². The van der Waals surface area contributed by atoms with Crippen molar-refractivity contribution >= 4 is 0 Å². The van der Waals surface area contributed by atoms with Crippen LogP contribution in [-0.2, 0) is 4.74 Å². The zero-order valence-electron chi connectivity index (χ0n) is 11.4. The molecule has 0 N–H and O–H groups in total. The summed E-state index contributed by atoms with van der Waals surface area (Å²) in [5.41, 5.74) is 0. The molecule has 0 bridgehead atoms. The molecule has 0 unspecified atom stereocenters. The van der Waals surface area contributed by atoms with Gasteiger partial charge in [-0.2, -0.15) is 57.1 Å². The highest BCUT2D eigenvalue weighted by atomic mass is 19.4. The normalized spacial score (nSPS) is 15.8. The van der Waals surface area contributed by atoms with Gasteiger partial charge in [0.2, 0.25) is 0 Å². The van der Waals surface area contributed by atoms with E-state index in [4.69, 9.17) is 0 Å². The monoisotopic (exact) mass is 392 g/mol. The van der Waals surface area contributed by atoms with Crippen LogP contribution in [0.3, 0.4) is 0 Å². The summed E-state index contributed by atoms with van der Waals surface area (Å²) in [6, 6.07) is 0. The van der Waals surface area contributed by atoms with E-state index in [9.17, 15) is 57.1 Å². The number of rotatable bonds is 8. The van der Waals surface area contributed by atoms with E-state index in [1.54, 1.807) is 0 Å². The first kappa shape index (κ1) is 23.1. The molecule has 1 nitrogen and oxygen atoms in total. The summed E-state index contributed by atoms with van der Waals surface area (Å²) in [5, 5.41) is 0. The minimum atomic E-state index is -7.89. The highest BCUT2D eigenvalue weighted by molar-refractivity contribution is 5.08. The Balaban J connectivity index is 5.92. The van der Waals surface area contributed by atoms with Gasteiger partial charge in [0.1, 0.15) is 0 Å². The summed E-state index contributed by atoms with van der Waals surface area (Å²) in [6.45, 7) is -0.0668. The van der Waals surface area contributed by atoms with Gasteiger partial charge in [-0.05, 0) is 6.42 Å². The molecule has 0 aliphatic rings. The number of alkyl halides is 13. The van der Waals surface area contributed by atoms with E-state index in [0.717, 1.165) is 0 Å². The summed E-state index contributed by atoms with van der Waals surface area (Å²) >= 11 is 0. The number of halogens is 13. The van der Waals surface area contributed by atoms with Crippen LogP contribution in [0.25, 0.3) is 0 Å². The van der Waals surface area contributed by atoms with Crippen molar-refractivity contribution in [2.24, 2.45) is 0 Å². The van der Waals surface area contributed by atoms with Crippen LogP contribution in [0.2, 0.25) is 0 Å². The molecule has 0 amide bonds. The lowest BCUT2D eigenvalue weighted by molar-refractivity contribution is -0.465. The van der Waals surface area contributed by atoms with Gasteiger partial charge in [0.05, 0.1) is 6.61 Å². The molecule has 0 atom stereocenters. The van der Waals surface area contributed by atoms with Gasteiger partial charge in [-0.25, -0.2) is 0 Å². The smallest absolute Gasteiger partial charge is 0.316 e. The number of hydrogen-bond acceptors (Lipinski definition) is 1. The molecular weight excluding hydrogens is 383 g/mol. The van der Waals surface area contributed by atoms with E-state index in [0.29, 0.717) is 0 Å². The lowest BCUT2D eigenvalue weighted by Gasteiger charge is -2.39. The summed E-state index contributed by atoms with van der Waals surface area (Å²) < 4.78 is 167. The van der Waals surface area contributed by atoms with Gasteiger partial charge < -0.3 is 4.74 Å². The lowest BCUT2D eigenvalue weighted by atomic mass is 9.97. The molecular formula is C10H9F13O. The molecule has 14 heteroatoms. The van der Waals surface area contributed by atoms with Crippen LogP contribution in [-0.4, -0.2) is 42.6 Å². The minimum Gasteiger partial charge on any atom is -0.316 e. The largest absolute Gasteiger partial charge is 0.460 e. The van der Waals surface area contributed by atoms with Gasteiger partial charge in [-0.15, -0.1) is 0 Å². The van der Waals surface area contributed by atoms with Crippen molar-refractivity contribution in [2.75, 3.05) is 6.61 Å². The third-order valence-electron chi connectivity index (χ3n) is 2.69. The van der Waals surface area contributed by atoms with Crippen LogP contribution in [0.4, 0.5) is 57.1 Å². The van der Waals surface area contributed by atoms with E-state index in [1.165, 1.54) is 6.92 Å². The van der Waals surface area contributed by atoms with Crippen LogP contribution < -0.4 is 0 Å². The first-order chi connectivity index (χ1) is 10.3. The summed E-state index contributed by atoms with van der Waals surface area (Å²) in [6.07, 6.45) is -14.3. The van der Waals surface area contributed by atoms with Gasteiger partial charge in [-0.3, -0.25) is 0 Å². The third kappa shape index (κ3) is 3.38. The molecule has 0 aromatic heterocycles. The first-order valence-corrected chi connectivity index (χ1v) is 5.91. The second kappa shape index (κ2) is 6.41.